The number of fused-ring (bicyclic) bond motifs is 1. The fourth-order valence-electron chi connectivity index (χ4n) is 6.15. The minimum atomic E-state index is -0.323. The van der Waals surface area contributed by atoms with Gasteiger partial charge in [0.2, 0.25) is 0 Å². The van der Waals surface area contributed by atoms with Gasteiger partial charge in [0.1, 0.15) is 11.3 Å². The molecule has 53 heavy (non-hydrogen) atoms. The Kier molecular flexibility index (Phi) is 19.7. The first-order valence-corrected chi connectivity index (χ1v) is 18.1. The molecule has 0 N–H and O–H groups in total. The SMILES string of the molecule is CCc1oc2ccccc2c1-c1cn(C)c(C([N-]c2c(C(C)C)cccc2C(C)C)c2ccccc2-c2ccccc2)n1.C[N-]C.C[N-]C.C[N-]C.[Hf+4]. The molecule has 0 aliphatic heterocycles. The largest absolute Gasteiger partial charge is 4.00 e. The van der Waals surface area contributed by atoms with Crippen molar-refractivity contribution in [3.8, 4) is 22.4 Å². The molecule has 8 heteroatoms. The van der Waals surface area contributed by atoms with Crippen molar-refractivity contribution in [3.05, 3.63) is 153 Å². The second kappa shape index (κ2) is 23.1. The van der Waals surface area contributed by atoms with E-state index in [0.29, 0.717) is 11.8 Å². The summed E-state index contributed by atoms with van der Waals surface area (Å²) in [4.78, 5) is 5.38. The van der Waals surface area contributed by atoms with Crippen LogP contribution in [0.3, 0.4) is 0 Å². The molecule has 7 nitrogen and oxygen atoms in total. The number of benzene rings is 4. The molecule has 0 saturated carbocycles. The molecule has 0 fully saturated rings. The van der Waals surface area contributed by atoms with E-state index in [1.54, 1.807) is 42.3 Å². The topological polar surface area (TPSA) is 87.4 Å². The maximum absolute atomic E-state index is 6.28. The van der Waals surface area contributed by atoms with Crippen molar-refractivity contribution in [2.45, 2.75) is 58.9 Å². The van der Waals surface area contributed by atoms with Crippen molar-refractivity contribution in [3.63, 3.8) is 0 Å². The van der Waals surface area contributed by atoms with E-state index in [9.17, 15) is 0 Å². The Morgan fingerprint density at radius 2 is 1.17 bits per heavy atom. The number of aryl methyl sites for hydroxylation is 2. The molecule has 0 spiro atoms. The van der Waals surface area contributed by atoms with Gasteiger partial charge in [-0.2, -0.15) is 42.3 Å². The molecule has 0 amide bonds. The molecule has 1 atom stereocenters. The van der Waals surface area contributed by atoms with E-state index in [2.05, 4.69) is 153 Å². The van der Waals surface area contributed by atoms with Gasteiger partial charge in [-0.1, -0.05) is 137 Å². The number of rotatable bonds is 9. The summed E-state index contributed by atoms with van der Waals surface area (Å²) >= 11 is 0. The van der Waals surface area contributed by atoms with Gasteiger partial charge >= 0.3 is 25.8 Å². The molecular formula is C45H58HfN6O. The van der Waals surface area contributed by atoms with Crippen LogP contribution in [0.2, 0.25) is 0 Å². The van der Waals surface area contributed by atoms with Gasteiger partial charge in [-0.15, -0.1) is 5.69 Å². The number of aromatic nitrogens is 2. The van der Waals surface area contributed by atoms with Crippen molar-refractivity contribution in [1.82, 2.24) is 9.55 Å². The first-order chi connectivity index (χ1) is 25.1. The summed E-state index contributed by atoms with van der Waals surface area (Å²) in [5, 5.41) is 17.3. The van der Waals surface area contributed by atoms with Crippen molar-refractivity contribution >= 4 is 16.7 Å². The summed E-state index contributed by atoms with van der Waals surface area (Å²) < 4.78 is 8.43. The summed E-state index contributed by atoms with van der Waals surface area (Å²) in [6.45, 7) is 11.1. The van der Waals surface area contributed by atoms with Crippen molar-refractivity contribution < 1.29 is 30.3 Å². The minimum Gasteiger partial charge on any atom is -0.671 e. The number of hydrogen-bond acceptors (Lipinski definition) is 2. The Hall–Kier alpha value is -3.82. The first-order valence-electron chi connectivity index (χ1n) is 18.1. The molecule has 0 aliphatic rings. The molecular weight excluding hydrogens is 819 g/mol. The number of imidazole rings is 1. The van der Waals surface area contributed by atoms with Crippen LogP contribution >= 0.6 is 0 Å². The second-order valence-corrected chi connectivity index (χ2v) is 13.3. The molecule has 0 saturated heterocycles. The van der Waals surface area contributed by atoms with Gasteiger partial charge in [-0.25, -0.2) is 4.98 Å². The van der Waals surface area contributed by atoms with Gasteiger partial charge in [0, 0.05) is 25.1 Å². The van der Waals surface area contributed by atoms with Gasteiger partial charge < -0.3 is 30.3 Å². The Balaban J connectivity index is 0.000000886. The van der Waals surface area contributed by atoms with Gasteiger partial charge in [0.05, 0.1) is 17.1 Å². The molecule has 4 aromatic carbocycles. The Bertz CT molecular complexity index is 1900. The van der Waals surface area contributed by atoms with E-state index >= 15 is 0 Å². The number of furan rings is 1. The second-order valence-electron chi connectivity index (χ2n) is 13.3. The van der Waals surface area contributed by atoms with Crippen LogP contribution in [-0.4, -0.2) is 51.8 Å². The molecule has 0 bridgehead atoms. The van der Waals surface area contributed by atoms with E-state index in [0.717, 1.165) is 57.0 Å². The van der Waals surface area contributed by atoms with Crippen LogP contribution in [-0.2, 0) is 39.3 Å². The van der Waals surface area contributed by atoms with Gasteiger partial charge in [0.15, 0.2) is 0 Å². The Labute approximate surface area is 338 Å². The monoisotopic (exact) mass is 878 g/mol. The number of hydrogen-bond donors (Lipinski definition) is 0. The Morgan fingerprint density at radius 3 is 1.74 bits per heavy atom. The molecule has 6 aromatic rings. The normalized spacial score (nSPS) is 11.1. The number of nitrogens with zero attached hydrogens (tertiary/aromatic N) is 6. The molecule has 0 aliphatic carbocycles. The van der Waals surface area contributed by atoms with Crippen LogP contribution in [0, 0.1) is 0 Å². The smallest absolute Gasteiger partial charge is 0.671 e. The predicted octanol–water partition coefficient (Wildman–Crippen LogP) is 13.0. The van der Waals surface area contributed by atoms with E-state index in [1.165, 1.54) is 16.7 Å². The summed E-state index contributed by atoms with van der Waals surface area (Å²) in [7, 11) is 12.6. The zero-order chi connectivity index (χ0) is 38.2. The minimum absolute atomic E-state index is 0. The van der Waals surface area contributed by atoms with E-state index in [4.69, 9.17) is 14.7 Å². The molecule has 0 radical (unpaired) electrons. The fourth-order valence-corrected chi connectivity index (χ4v) is 6.15. The fraction of sp³-hybridized carbons (Fsp3) is 0.356. The van der Waals surface area contributed by atoms with Crippen LogP contribution in [0.4, 0.5) is 5.69 Å². The Morgan fingerprint density at radius 1 is 0.660 bits per heavy atom. The average Bonchev–Trinajstić information content (AvgIpc) is 3.71. The van der Waals surface area contributed by atoms with Crippen LogP contribution < -0.4 is 0 Å². The van der Waals surface area contributed by atoms with Crippen LogP contribution in [0.25, 0.3) is 54.6 Å². The van der Waals surface area contributed by atoms with E-state index in [-0.39, 0.29) is 31.9 Å². The summed E-state index contributed by atoms with van der Waals surface area (Å²) in [6, 6.07) is 33.8. The summed E-state index contributed by atoms with van der Waals surface area (Å²) in [6.07, 6.45) is 2.93. The first kappa shape index (κ1) is 45.3. The maximum atomic E-state index is 6.28. The van der Waals surface area contributed by atoms with Crippen molar-refractivity contribution in [2.75, 3.05) is 42.3 Å². The van der Waals surface area contributed by atoms with Crippen molar-refractivity contribution in [2.24, 2.45) is 7.05 Å². The summed E-state index contributed by atoms with van der Waals surface area (Å²) in [5.41, 5.74) is 9.94. The molecule has 2 heterocycles. The molecule has 278 valence electrons. The van der Waals surface area contributed by atoms with Crippen molar-refractivity contribution in [1.29, 1.82) is 0 Å². The molecule has 6 rings (SSSR count). The third-order valence-corrected chi connectivity index (χ3v) is 8.34. The third kappa shape index (κ3) is 11.6. The van der Waals surface area contributed by atoms with Gasteiger partial charge in [0.25, 0.3) is 0 Å². The maximum Gasteiger partial charge on any atom is 4.00 e. The number of para-hydroxylation sites is 2. The molecule has 1 unspecified atom stereocenters. The quantitative estimate of drug-likeness (QED) is 0.135. The van der Waals surface area contributed by atoms with E-state index in [1.807, 2.05) is 12.1 Å². The standard InChI is InChI=1S/C39H40N3O.3C2H6N.Hf/c1-7-34-36(32-20-13-14-23-35(32)43-34)33-24-42(6)39(40-33)38(31-19-12-11-18-30(31)27-16-9-8-10-17-27)41-37-28(25(2)3)21-15-22-29(37)26(4)5;3*1-3-2;/h8-26,38H,7H2,1-6H3;3*1-2H3;/q4*-1;+4. The van der Waals surface area contributed by atoms with Gasteiger partial charge in [-0.3, -0.25) is 0 Å². The van der Waals surface area contributed by atoms with Crippen LogP contribution in [0.1, 0.15) is 80.8 Å². The predicted molar refractivity (Wildman–Crippen MR) is 225 cm³/mol. The van der Waals surface area contributed by atoms with Gasteiger partial charge in [-0.05, 0) is 40.6 Å². The zero-order valence-corrected chi connectivity index (χ0v) is 37.4. The van der Waals surface area contributed by atoms with Crippen LogP contribution in [0.5, 0.6) is 0 Å². The summed E-state index contributed by atoms with van der Waals surface area (Å²) in [5.74, 6) is 2.53. The third-order valence-electron chi connectivity index (χ3n) is 8.34. The van der Waals surface area contributed by atoms with E-state index < -0.39 is 0 Å². The van der Waals surface area contributed by atoms with Crippen LogP contribution in [0.15, 0.2) is 108 Å². The zero-order valence-electron chi connectivity index (χ0n) is 33.8. The average molecular weight is 877 g/mol. The molecule has 2 aromatic heterocycles.